The lowest BCUT2D eigenvalue weighted by molar-refractivity contribution is -0.0439. The average molecular weight is 361 g/mol. The summed E-state index contributed by atoms with van der Waals surface area (Å²) in [6, 6.07) is 7.54. The number of hydrogen-bond donors (Lipinski definition) is 1. The SMILES string of the molecule is CNc1ccc(C(=O)N2CCN(OI)CC2)cc1. The van der Waals surface area contributed by atoms with Crippen molar-refractivity contribution < 1.29 is 7.96 Å². The van der Waals surface area contributed by atoms with E-state index in [0.717, 1.165) is 24.3 Å². The third-order valence-electron chi connectivity index (χ3n) is 3.04. The number of anilines is 1. The molecular weight excluding hydrogens is 345 g/mol. The molecule has 0 aliphatic carbocycles. The van der Waals surface area contributed by atoms with Gasteiger partial charge in [0.2, 0.25) is 0 Å². The summed E-state index contributed by atoms with van der Waals surface area (Å²) in [5, 5.41) is 4.89. The molecule has 0 saturated carbocycles. The zero-order valence-corrected chi connectivity index (χ0v) is 12.4. The molecule has 1 aliphatic heterocycles. The van der Waals surface area contributed by atoms with Crippen molar-refractivity contribution >= 4 is 34.6 Å². The molecule has 0 aromatic heterocycles. The highest BCUT2D eigenvalue weighted by molar-refractivity contribution is 14.1. The molecule has 1 heterocycles. The minimum Gasteiger partial charge on any atom is -0.388 e. The van der Waals surface area contributed by atoms with E-state index in [-0.39, 0.29) is 5.91 Å². The van der Waals surface area contributed by atoms with Gasteiger partial charge in [0.05, 0.1) is 0 Å². The van der Waals surface area contributed by atoms with E-state index >= 15 is 0 Å². The fourth-order valence-electron chi connectivity index (χ4n) is 1.92. The molecule has 6 heteroatoms. The van der Waals surface area contributed by atoms with Crippen LogP contribution in [0.4, 0.5) is 5.69 Å². The summed E-state index contributed by atoms with van der Waals surface area (Å²) in [4.78, 5) is 14.1. The van der Waals surface area contributed by atoms with Crippen LogP contribution in [0, 0.1) is 0 Å². The molecule has 0 atom stereocenters. The standard InChI is InChI=1S/C12H16IN3O2/c1-14-11-4-2-10(3-5-11)12(17)15-6-8-16(18-13)9-7-15/h2-5,14H,6-9H2,1H3. The number of nitrogens with one attached hydrogen (secondary N) is 1. The van der Waals surface area contributed by atoms with Crippen molar-refractivity contribution in [2.45, 2.75) is 0 Å². The highest BCUT2D eigenvalue weighted by atomic mass is 127. The van der Waals surface area contributed by atoms with E-state index in [1.54, 1.807) is 0 Å². The summed E-state index contributed by atoms with van der Waals surface area (Å²) in [6.07, 6.45) is 0. The first-order valence-corrected chi connectivity index (χ1v) is 6.73. The Bertz CT molecular complexity index is 402. The molecule has 1 N–H and O–H groups in total. The Kier molecular flexibility index (Phi) is 4.79. The van der Waals surface area contributed by atoms with E-state index in [1.807, 2.05) is 64.3 Å². The summed E-state index contributed by atoms with van der Waals surface area (Å²) < 4.78 is 5.11. The fourth-order valence-corrected chi connectivity index (χ4v) is 2.32. The van der Waals surface area contributed by atoms with E-state index in [2.05, 4.69) is 5.32 Å². The predicted molar refractivity (Wildman–Crippen MR) is 78.6 cm³/mol. The maximum atomic E-state index is 12.2. The lowest BCUT2D eigenvalue weighted by Gasteiger charge is -2.32. The number of carbonyl (C=O) groups is 1. The van der Waals surface area contributed by atoms with Crippen LogP contribution in [0.25, 0.3) is 0 Å². The Morgan fingerprint density at radius 1 is 1.22 bits per heavy atom. The van der Waals surface area contributed by atoms with Gasteiger partial charge in [-0.05, 0) is 24.3 Å². The number of amides is 1. The van der Waals surface area contributed by atoms with Gasteiger partial charge in [0.25, 0.3) is 5.91 Å². The molecule has 0 bridgehead atoms. The van der Waals surface area contributed by atoms with E-state index in [9.17, 15) is 4.79 Å². The minimum absolute atomic E-state index is 0.0887. The molecule has 98 valence electrons. The Morgan fingerprint density at radius 2 is 1.83 bits per heavy atom. The van der Waals surface area contributed by atoms with Crippen molar-refractivity contribution in [3.8, 4) is 0 Å². The normalized spacial score (nSPS) is 16.7. The number of benzene rings is 1. The van der Waals surface area contributed by atoms with Crippen molar-refractivity contribution in [1.29, 1.82) is 0 Å². The molecule has 18 heavy (non-hydrogen) atoms. The first-order chi connectivity index (χ1) is 8.74. The molecule has 1 saturated heterocycles. The van der Waals surface area contributed by atoms with E-state index in [0.29, 0.717) is 13.1 Å². The van der Waals surface area contributed by atoms with Gasteiger partial charge in [-0.2, -0.15) is 5.06 Å². The van der Waals surface area contributed by atoms with Gasteiger partial charge in [-0.15, -0.1) is 0 Å². The summed E-state index contributed by atoms with van der Waals surface area (Å²) in [5.41, 5.74) is 1.74. The van der Waals surface area contributed by atoms with Gasteiger partial charge < -0.3 is 10.2 Å². The smallest absolute Gasteiger partial charge is 0.253 e. The zero-order valence-electron chi connectivity index (χ0n) is 10.2. The number of carbonyl (C=O) groups excluding carboxylic acids is 1. The molecule has 5 nitrogen and oxygen atoms in total. The van der Waals surface area contributed by atoms with Crippen molar-refractivity contribution in [2.75, 3.05) is 38.5 Å². The van der Waals surface area contributed by atoms with Gasteiger partial charge in [0.15, 0.2) is 0 Å². The van der Waals surface area contributed by atoms with Gasteiger partial charge in [-0.1, -0.05) is 0 Å². The lowest BCUT2D eigenvalue weighted by atomic mass is 10.1. The van der Waals surface area contributed by atoms with Crippen LogP contribution in [0.3, 0.4) is 0 Å². The second-order valence-corrected chi connectivity index (χ2v) is 4.51. The number of piperazine rings is 1. The number of hydrogen-bond acceptors (Lipinski definition) is 4. The van der Waals surface area contributed by atoms with E-state index in [1.165, 1.54) is 0 Å². The Morgan fingerprint density at radius 3 is 2.33 bits per heavy atom. The molecule has 1 aromatic carbocycles. The maximum Gasteiger partial charge on any atom is 0.253 e. The monoisotopic (exact) mass is 361 g/mol. The minimum atomic E-state index is 0.0887. The first kappa shape index (κ1) is 13.6. The summed E-state index contributed by atoms with van der Waals surface area (Å²) in [5.74, 6) is 0.0887. The molecule has 0 unspecified atom stereocenters. The molecule has 1 aliphatic rings. The second kappa shape index (κ2) is 6.35. The van der Waals surface area contributed by atoms with Crippen LogP contribution in [0.2, 0.25) is 0 Å². The third-order valence-corrected chi connectivity index (χ3v) is 3.60. The fraction of sp³-hybridized carbons (Fsp3) is 0.417. The van der Waals surface area contributed by atoms with Crippen LogP contribution in [-0.2, 0) is 3.17 Å². The van der Waals surface area contributed by atoms with Crippen LogP contribution in [0.15, 0.2) is 24.3 Å². The van der Waals surface area contributed by atoms with Crippen LogP contribution < -0.4 is 5.32 Å². The Balaban J connectivity index is 1.98. The summed E-state index contributed by atoms with van der Waals surface area (Å²) >= 11 is 1.87. The van der Waals surface area contributed by atoms with E-state index < -0.39 is 0 Å². The maximum absolute atomic E-state index is 12.2. The van der Waals surface area contributed by atoms with Gasteiger partial charge >= 0.3 is 0 Å². The van der Waals surface area contributed by atoms with Crippen LogP contribution >= 0.6 is 23.0 Å². The molecule has 1 aromatic rings. The first-order valence-electron chi connectivity index (χ1n) is 5.85. The summed E-state index contributed by atoms with van der Waals surface area (Å²) in [7, 11) is 1.86. The quantitative estimate of drug-likeness (QED) is 0.834. The van der Waals surface area contributed by atoms with Crippen molar-refractivity contribution in [1.82, 2.24) is 9.96 Å². The lowest BCUT2D eigenvalue weighted by Crippen LogP contribution is -2.47. The second-order valence-electron chi connectivity index (χ2n) is 4.12. The Labute approximate surface area is 121 Å². The molecule has 1 fully saturated rings. The highest BCUT2D eigenvalue weighted by Gasteiger charge is 2.22. The average Bonchev–Trinajstić information content (AvgIpc) is 2.47. The van der Waals surface area contributed by atoms with Gasteiger partial charge in [-0.3, -0.25) is 4.79 Å². The molecule has 0 spiro atoms. The molecule has 0 radical (unpaired) electrons. The van der Waals surface area contributed by atoms with Crippen LogP contribution in [0.5, 0.6) is 0 Å². The molecule has 2 rings (SSSR count). The van der Waals surface area contributed by atoms with Gasteiger partial charge in [0, 0.05) is 44.5 Å². The number of nitrogens with zero attached hydrogens (tertiary/aromatic N) is 2. The van der Waals surface area contributed by atoms with Gasteiger partial charge in [0.1, 0.15) is 23.0 Å². The highest BCUT2D eigenvalue weighted by Crippen LogP contribution is 2.13. The number of rotatable bonds is 3. The van der Waals surface area contributed by atoms with Crippen LogP contribution in [-0.4, -0.2) is 49.1 Å². The van der Waals surface area contributed by atoms with Crippen LogP contribution in [0.1, 0.15) is 10.4 Å². The summed E-state index contributed by atoms with van der Waals surface area (Å²) in [6.45, 7) is 2.91. The third kappa shape index (κ3) is 3.12. The zero-order chi connectivity index (χ0) is 13.0. The van der Waals surface area contributed by atoms with Crippen molar-refractivity contribution in [2.24, 2.45) is 0 Å². The number of hydroxylamine groups is 2. The largest absolute Gasteiger partial charge is 0.388 e. The molecular formula is C12H16IN3O2. The Hall–Kier alpha value is -0.860. The number of halogens is 1. The topological polar surface area (TPSA) is 44.8 Å². The van der Waals surface area contributed by atoms with Crippen molar-refractivity contribution in [3.05, 3.63) is 29.8 Å². The van der Waals surface area contributed by atoms with E-state index in [4.69, 9.17) is 3.17 Å². The van der Waals surface area contributed by atoms with Crippen molar-refractivity contribution in [3.63, 3.8) is 0 Å². The predicted octanol–water partition coefficient (Wildman–Crippen LogP) is 1.77. The van der Waals surface area contributed by atoms with Gasteiger partial charge in [-0.25, -0.2) is 3.17 Å². The molecule has 1 amide bonds.